The normalized spacial score (nSPS) is 20.5. The molecule has 2 nitrogen and oxygen atoms in total. The summed E-state index contributed by atoms with van der Waals surface area (Å²) in [6.45, 7) is 13.9. The quantitative estimate of drug-likeness (QED) is 0.0396. The maximum Gasteiger partial charge on any atom is 0.192 e. The minimum absolute atomic E-state index is 0.00344. The summed E-state index contributed by atoms with van der Waals surface area (Å²) in [5.74, 6) is 0. The fourth-order valence-electron chi connectivity index (χ4n) is 4.19. The molecule has 0 aromatic carbocycles. The highest BCUT2D eigenvalue weighted by Gasteiger charge is 2.45. The molecule has 1 fully saturated rings. The Morgan fingerprint density at radius 2 is 1.43 bits per heavy atom. The second-order valence-corrected chi connectivity index (χ2v) is 20.1. The summed E-state index contributed by atoms with van der Waals surface area (Å²) in [5, 5.41) is 0.0839. The van der Waals surface area contributed by atoms with Gasteiger partial charge >= 0.3 is 0 Å². The minimum atomic E-state index is -1.81. The van der Waals surface area contributed by atoms with E-state index >= 15 is 0 Å². The second kappa shape index (κ2) is 18.5. The molecule has 220 valence electrons. The lowest BCUT2D eigenvalue weighted by Crippen LogP contribution is -2.43. The van der Waals surface area contributed by atoms with Crippen LogP contribution in [0.25, 0.3) is 0 Å². The van der Waals surface area contributed by atoms with Gasteiger partial charge in [-0.3, -0.25) is 0 Å². The van der Waals surface area contributed by atoms with Crippen molar-refractivity contribution in [2.75, 3.05) is 6.61 Å². The Hall–Kier alpha value is 1.04. The maximum absolute atomic E-state index is 6.58. The largest absolute Gasteiger partial charge is 0.414 e. The topological polar surface area (TPSA) is 21.8 Å². The molecule has 7 heteroatoms. The van der Waals surface area contributed by atoms with Gasteiger partial charge in [-0.25, -0.2) is 0 Å². The average Bonchev–Trinajstić information content (AvgIpc) is 3.59. The van der Waals surface area contributed by atoms with Gasteiger partial charge in [0.1, 0.15) is 16.5 Å². The molecule has 1 aliphatic rings. The lowest BCUT2D eigenvalue weighted by atomic mass is 10.0. The number of epoxide rings is 1. The van der Waals surface area contributed by atoms with Crippen LogP contribution in [0.1, 0.15) is 124 Å². The van der Waals surface area contributed by atoms with Gasteiger partial charge in [0.2, 0.25) is 0 Å². The first-order valence-electron chi connectivity index (χ1n) is 14.9. The standard InChI is InChI=1S/C30H56Cl4O2Si/c1-7-8-9-10-15-18-21-25(31)27(32)28-26(36-28)22-19-16-13-11-12-14-17-20-23-30(33,34)24-35-37(5,6)29(2,3)4/h19,22,25-28H,7-18,20-21,23-24H2,1-6H3/b22-19-/t25-,26-,27+,28-/m0/s1. The highest BCUT2D eigenvalue weighted by atomic mass is 35.5. The monoisotopic (exact) mass is 616 g/mol. The first kappa shape index (κ1) is 36.1. The summed E-state index contributed by atoms with van der Waals surface area (Å²) in [5.41, 5.74) is 0. The summed E-state index contributed by atoms with van der Waals surface area (Å²) >= 11 is 26.2. The van der Waals surface area contributed by atoms with Crippen molar-refractivity contribution in [1.29, 1.82) is 0 Å². The maximum atomic E-state index is 6.58. The van der Waals surface area contributed by atoms with E-state index in [0.29, 0.717) is 6.61 Å². The smallest absolute Gasteiger partial charge is 0.192 e. The van der Waals surface area contributed by atoms with Gasteiger partial charge in [0, 0.05) is 0 Å². The third-order valence-corrected chi connectivity index (χ3v) is 14.2. The predicted octanol–water partition coefficient (Wildman–Crippen LogP) is 11.6. The number of unbranched alkanes of at least 4 members (excludes halogenated alkanes) is 11. The van der Waals surface area contributed by atoms with Crippen LogP contribution < -0.4 is 0 Å². The lowest BCUT2D eigenvalue weighted by molar-refractivity contribution is 0.267. The molecule has 0 aliphatic carbocycles. The van der Waals surface area contributed by atoms with E-state index in [0.717, 1.165) is 25.7 Å². The molecule has 0 N–H and O–H groups in total. The molecule has 1 saturated heterocycles. The Morgan fingerprint density at radius 3 is 2.05 bits per heavy atom. The molecule has 0 aromatic heterocycles. The zero-order valence-electron chi connectivity index (χ0n) is 24.6. The van der Waals surface area contributed by atoms with Crippen LogP contribution in [0.5, 0.6) is 0 Å². The third-order valence-electron chi connectivity index (χ3n) is 7.99. The first-order valence-corrected chi connectivity index (χ1v) is 19.5. The summed E-state index contributed by atoms with van der Waals surface area (Å²) < 4.78 is 11.2. The van der Waals surface area contributed by atoms with Gasteiger partial charge in [-0.1, -0.05) is 134 Å². The molecule has 0 radical (unpaired) electrons. The van der Waals surface area contributed by atoms with Gasteiger partial charge in [-0.05, 0) is 43.8 Å². The molecule has 0 aromatic rings. The molecule has 0 bridgehead atoms. The number of alkyl halides is 4. The lowest BCUT2D eigenvalue weighted by Gasteiger charge is -2.37. The average molecular weight is 619 g/mol. The van der Waals surface area contributed by atoms with Crippen LogP contribution in [0, 0.1) is 0 Å². The van der Waals surface area contributed by atoms with Crippen molar-refractivity contribution in [2.45, 2.75) is 169 Å². The fourth-order valence-corrected chi connectivity index (χ4v) is 6.42. The van der Waals surface area contributed by atoms with Crippen molar-refractivity contribution in [3.8, 4) is 0 Å². The Labute approximate surface area is 251 Å². The van der Waals surface area contributed by atoms with Gasteiger partial charge in [-0.15, -0.1) is 23.2 Å². The second-order valence-electron chi connectivity index (χ2n) is 12.6. The molecule has 4 atom stereocenters. The van der Waals surface area contributed by atoms with Crippen LogP contribution in [0.15, 0.2) is 12.2 Å². The van der Waals surface area contributed by atoms with Crippen LogP contribution in [0.2, 0.25) is 18.1 Å². The van der Waals surface area contributed by atoms with E-state index in [-0.39, 0.29) is 28.0 Å². The van der Waals surface area contributed by atoms with Gasteiger partial charge in [0.15, 0.2) is 8.32 Å². The van der Waals surface area contributed by atoms with Crippen molar-refractivity contribution >= 4 is 54.7 Å². The highest BCUT2D eigenvalue weighted by Crippen LogP contribution is 2.39. The summed E-state index contributed by atoms with van der Waals surface area (Å²) in [7, 11) is -1.81. The van der Waals surface area contributed by atoms with Crippen LogP contribution in [-0.4, -0.2) is 42.2 Å². The molecular weight excluding hydrogens is 562 g/mol. The first-order chi connectivity index (χ1) is 17.3. The molecule has 1 aliphatic heterocycles. The Kier molecular flexibility index (Phi) is 18.0. The number of allylic oxidation sites excluding steroid dienone is 1. The fraction of sp³-hybridized carbons (Fsp3) is 0.933. The van der Waals surface area contributed by atoms with Gasteiger partial charge < -0.3 is 9.16 Å². The van der Waals surface area contributed by atoms with Crippen molar-refractivity contribution < 1.29 is 9.16 Å². The van der Waals surface area contributed by atoms with Gasteiger partial charge in [-0.2, -0.15) is 0 Å². The van der Waals surface area contributed by atoms with E-state index < -0.39 is 12.7 Å². The molecule has 0 saturated carbocycles. The molecule has 1 heterocycles. The minimum Gasteiger partial charge on any atom is -0.414 e. The van der Waals surface area contributed by atoms with Crippen molar-refractivity contribution in [3.63, 3.8) is 0 Å². The summed E-state index contributed by atoms with van der Waals surface area (Å²) in [6, 6.07) is 0. The SMILES string of the molecule is CCCCCCCC[C@H](Cl)[C@@H](Cl)[C@H]1O[C@H]1/C=C\CCCCCCCCC(Cl)(Cl)CO[Si](C)(C)C(C)(C)C. The molecule has 37 heavy (non-hydrogen) atoms. The van der Waals surface area contributed by atoms with Crippen molar-refractivity contribution in [2.24, 2.45) is 0 Å². The number of rotatable bonds is 22. The van der Waals surface area contributed by atoms with Gasteiger partial charge in [0.05, 0.1) is 17.4 Å². The van der Waals surface area contributed by atoms with Gasteiger partial charge in [0.25, 0.3) is 0 Å². The number of hydrogen-bond acceptors (Lipinski definition) is 2. The summed E-state index contributed by atoms with van der Waals surface area (Å²) in [6.07, 6.45) is 22.4. The number of ether oxygens (including phenoxy) is 1. The van der Waals surface area contributed by atoms with Crippen LogP contribution in [0.4, 0.5) is 0 Å². The zero-order chi connectivity index (χ0) is 28.0. The molecule has 1 rings (SSSR count). The molecule has 0 amide bonds. The molecular formula is C30H56Cl4O2Si. The Balaban J connectivity index is 2.03. The van der Waals surface area contributed by atoms with E-state index in [2.05, 4.69) is 52.9 Å². The van der Waals surface area contributed by atoms with E-state index in [1.54, 1.807) is 0 Å². The van der Waals surface area contributed by atoms with E-state index in [1.807, 2.05) is 0 Å². The Morgan fingerprint density at radius 1 is 0.865 bits per heavy atom. The van der Waals surface area contributed by atoms with E-state index in [9.17, 15) is 0 Å². The number of halogens is 4. The summed E-state index contributed by atoms with van der Waals surface area (Å²) in [4.78, 5) is 0. The van der Waals surface area contributed by atoms with E-state index in [4.69, 9.17) is 55.6 Å². The zero-order valence-corrected chi connectivity index (χ0v) is 28.6. The highest BCUT2D eigenvalue weighted by molar-refractivity contribution is 6.74. The molecule has 0 unspecified atom stereocenters. The number of hydrogen-bond donors (Lipinski definition) is 0. The van der Waals surface area contributed by atoms with Crippen molar-refractivity contribution in [1.82, 2.24) is 0 Å². The van der Waals surface area contributed by atoms with Crippen LogP contribution in [-0.2, 0) is 9.16 Å². The van der Waals surface area contributed by atoms with Crippen LogP contribution in [0.3, 0.4) is 0 Å². The van der Waals surface area contributed by atoms with E-state index in [1.165, 1.54) is 70.6 Å². The third kappa shape index (κ3) is 16.2. The Bertz CT molecular complexity index is 621. The molecule has 0 spiro atoms. The van der Waals surface area contributed by atoms with Crippen molar-refractivity contribution in [3.05, 3.63) is 12.2 Å². The van der Waals surface area contributed by atoms with Crippen LogP contribution >= 0.6 is 46.4 Å². The predicted molar refractivity (Wildman–Crippen MR) is 170 cm³/mol.